The number of hydrogen-bond acceptors (Lipinski definition) is 0. The Hall–Kier alpha value is 0.738. The van der Waals surface area contributed by atoms with E-state index in [1.165, 1.54) is 29.7 Å². The molecular formula is C11H15AsBr2. The number of halogens is 2. The van der Waals surface area contributed by atoms with Crippen LogP contribution >= 0.6 is 13.9 Å². The van der Waals surface area contributed by atoms with Crippen LogP contribution in [0.2, 0.25) is 10.4 Å². The van der Waals surface area contributed by atoms with E-state index in [0.29, 0.717) is 0 Å². The van der Waals surface area contributed by atoms with Crippen molar-refractivity contribution in [3.63, 3.8) is 0 Å². The fraction of sp³-hybridized carbons (Fsp3) is 0.455. The van der Waals surface area contributed by atoms with Crippen LogP contribution in [0, 0.1) is 0 Å². The first-order valence-electron chi connectivity index (χ1n) is 4.94. The molecule has 1 saturated heterocycles. The van der Waals surface area contributed by atoms with Gasteiger partial charge in [0.25, 0.3) is 0 Å². The Morgan fingerprint density at radius 1 is 0.929 bits per heavy atom. The molecule has 0 spiro atoms. The summed E-state index contributed by atoms with van der Waals surface area (Å²) in [5, 5.41) is 2.92. The largest absolute Gasteiger partial charge is 1.00 e. The molecule has 0 N–H and O–H groups in total. The molecule has 0 nitrogen and oxygen atoms in total. The van der Waals surface area contributed by atoms with E-state index in [0.717, 1.165) is 0 Å². The van der Waals surface area contributed by atoms with E-state index in [2.05, 4.69) is 44.3 Å². The number of hydrogen-bond donors (Lipinski definition) is 0. The van der Waals surface area contributed by atoms with Gasteiger partial charge in [-0.25, -0.2) is 0 Å². The van der Waals surface area contributed by atoms with Gasteiger partial charge in [-0.05, 0) is 0 Å². The van der Waals surface area contributed by atoms with Gasteiger partial charge in [-0.15, -0.1) is 0 Å². The number of benzene rings is 1. The Labute approximate surface area is 106 Å². The van der Waals surface area contributed by atoms with Gasteiger partial charge < -0.3 is 17.0 Å². The summed E-state index contributed by atoms with van der Waals surface area (Å²) in [7, 11) is 0. The van der Waals surface area contributed by atoms with Gasteiger partial charge in [0.1, 0.15) is 0 Å². The molecule has 0 bridgehead atoms. The maximum Gasteiger partial charge on any atom is -1.00 e. The van der Waals surface area contributed by atoms with E-state index in [1.807, 2.05) is 0 Å². The summed E-state index contributed by atoms with van der Waals surface area (Å²) in [5.74, 6) is 0. The first-order chi connectivity index (χ1) is 6.31. The molecule has 1 aliphatic heterocycles. The Bertz CT molecular complexity index is 268. The van der Waals surface area contributed by atoms with Crippen molar-refractivity contribution in [3.05, 3.63) is 30.3 Å². The van der Waals surface area contributed by atoms with E-state index >= 15 is 0 Å². The van der Waals surface area contributed by atoms with Gasteiger partial charge >= 0.3 is 90.0 Å². The molecule has 1 aliphatic rings. The predicted octanol–water partition coefficient (Wildman–Crippen LogP) is 0.422. The van der Waals surface area contributed by atoms with Crippen molar-refractivity contribution >= 4 is 30.0 Å². The monoisotopic (exact) mass is 380 g/mol. The summed E-state index contributed by atoms with van der Waals surface area (Å²) in [6.07, 6.45) is 4.32. The fourth-order valence-electron chi connectivity index (χ4n) is 1.97. The van der Waals surface area contributed by atoms with Gasteiger partial charge in [-0.2, -0.15) is 0 Å². The van der Waals surface area contributed by atoms with Crippen LogP contribution in [-0.4, -0.2) is 11.7 Å². The predicted molar refractivity (Wildman–Crippen MR) is 64.2 cm³/mol. The van der Waals surface area contributed by atoms with Crippen molar-refractivity contribution in [2.75, 3.05) is 0 Å². The van der Waals surface area contributed by atoms with Crippen LogP contribution in [0.15, 0.2) is 30.3 Å². The van der Waals surface area contributed by atoms with Gasteiger partial charge in [0.15, 0.2) is 0 Å². The second-order valence-electron chi connectivity index (χ2n) is 3.71. The minimum absolute atomic E-state index is 0. The molecule has 0 unspecified atom stereocenters. The molecule has 0 amide bonds. The molecule has 78 valence electrons. The van der Waals surface area contributed by atoms with Crippen LogP contribution in [0.4, 0.5) is 0 Å². The normalized spacial score (nSPS) is 19.8. The first-order valence-corrected chi connectivity index (χ1v) is 12.9. The van der Waals surface area contributed by atoms with Gasteiger partial charge in [0.05, 0.1) is 0 Å². The Kier molecular flexibility index (Phi) is 5.23. The zero-order valence-corrected chi connectivity index (χ0v) is 13.2. The molecule has 3 heteroatoms. The third kappa shape index (κ3) is 2.87. The second-order valence-corrected chi connectivity index (χ2v) is 17.3. The van der Waals surface area contributed by atoms with Crippen LogP contribution < -0.4 is 21.3 Å². The summed E-state index contributed by atoms with van der Waals surface area (Å²) >= 11 is 2.52. The van der Waals surface area contributed by atoms with Crippen molar-refractivity contribution < 1.29 is 17.0 Å². The van der Waals surface area contributed by atoms with Gasteiger partial charge in [0.2, 0.25) is 0 Å². The fourth-order valence-corrected chi connectivity index (χ4v) is 11.9. The Morgan fingerprint density at radius 2 is 1.50 bits per heavy atom. The molecule has 0 saturated carbocycles. The van der Waals surface area contributed by atoms with Gasteiger partial charge in [-0.3, -0.25) is 0 Å². The van der Waals surface area contributed by atoms with E-state index in [9.17, 15) is 0 Å². The molecular weight excluding hydrogens is 367 g/mol. The van der Waals surface area contributed by atoms with Crippen molar-refractivity contribution in [3.8, 4) is 0 Å². The molecule has 1 heterocycles. The Morgan fingerprint density at radius 3 is 2.07 bits per heavy atom. The van der Waals surface area contributed by atoms with Crippen LogP contribution in [0.5, 0.6) is 0 Å². The van der Waals surface area contributed by atoms with E-state index in [1.54, 1.807) is 4.35 Å². The summed E-state index contributed by atoms with van der Waals surface area (Å²) in [6.45, 7) is 0. The number of rotatable bonds is 1. The minimum Gasteiger partial charge on any atom is -1.00 e. The molecule has 1 aromatic carbocycles. The quantitative estimate of drug-likeness (QED) is 0.619. The van der Waals surface area contributed by atoms with Crippen molar-refractivity contribution in [2.45, 2.75) is 29.7 Å². The topological polar surface area (TPSA) is 0 Å². The van der Waals surface area contributed by atoms with Crippen LogP contribution in [-0.2, 0) is 0 Å². The minimum atomic E-state index is -1.55. The summed E-state index contributed by atoms with van der Waals surface area (Å²) in [6, 6.07) is 11.1. The van der Waals surface area contributed by atoms with Crippen LogP contribution in [0.3, 0.4) is 0 Å². The molecule has 14 heavy (non-hydrogen) atoms. The summed E-state index contributed by atoms with van der Waals surface area (Å²) in [4.78, 5) is 0. The van der Waals surface area contributed by atoms with E-state index in [4.69, 9.17) is 0 Å². The molecule has 0 atom stereocenters. The van der Waals surface area contributed by atoms with Gasteiger partial charge in [-0.1, -0.05) is 0 Å². The van der Waals surface area contributed by atoms with Crippen LogP contribution in [0.1, 0.15) is 19.3 Å². The maximum atomic E-state index is 4.08. The average Bonchev–Trinajstić information content (AvgIpc) is 2.20. The summed E-state index contributed by atoms with van der Waals surface area (Å²) < 4.78 is 1.63. The SMILES string of the molecule is Br[As+]1(c2ccccc2)CCCCC1.[Br-]. The van der Waals surface area contributed by atoms with Crippen LogP contribution in [0.25, 0.3) is 0 Å². The zero-order chi connectivity index (χ0) is 9.15. The van der Waals surface area contributed by atoms with Crippen molar-refractivity contribution in [1.29, 1.82) is 0 Å². The first kappa shape index (κ1) is 12.8. The van der Waals surface area contributed by atoms with E-state index in [-0.39, 0.29) is 17.0 Å². The standard InChI is InChI=1S/C11H15AsBr.BrH/c13-12(9-5-2-6-10-12)11-7-3-1-4-8-11;/h1,3-4,7-8H,2,5-6,9-10H2;1H/q+1;/p-1. The third-order valence-corrected chi connectivity index (χ3v) is 15.4. The molecule has 1 aromatic rings. The molecule has 1 fully saturated rings. The summed E-state index contributed by atoms with van der Waals surface area (Å²) in [5.41, 5.74) is 0. The smallest absolute Gasteiger partial charge is 1.00 e. The van der Waals surface area contributed by atoms with Gasteiger partial charge in [0, 0.05) is 0 Å². The van der Waals surface area contributed by atoms with Crippen molar-refractivity contribution in [2.24, 2.45) is 0 Å². The molecule has 2 rings (SSSR count). The molecule has 0 radical (unpaired) electrons. The second kappa shape index (κ2) is 5.72. The van der Waals surface area contributed by atoms with E-state index < -0.39 is 11.7 Å². The van der Waals surface area contributed by atoms with Crippen molar-refractivity contribution in [1.82, 2.24) is 0 Å². The Balaban J connectivity index is 0.000000980. The maximum absolute atomic E-state index is 4.08. The molecule has 0 aliphatic carbocycles. The third-order valence-electron chi connectivity index (χ3n) is 2.74. The molecule has 0 aromatic heterocycles. The zero-order valence-electron chi connectivity index (χ0n) is 8.13. The average molecular weight is 382 g/mol.